The zero-order chi connectivity index (χ0) is 14.6. The van der Waals surface area contributed by atoms with Crippen LogP contribution in [-0.4, -0.2) is 24.5 Å². The summed E-state index contributed by atoms with van der Waals surface area (Å²) in [6, 6.07) is 8.43. The van der Waals surface area contributed by atoms with Crippen molar-refractivity contribution in [2.75, 3.05) is 19.6 Å². The molecule has 0 radical (unpaired) electrons. The molecule has 1 aromatic carbocycles. The van der Waals surface area contributed by atoms with Crippen LogP contribution in [0.25, 0.3) is 0 Å². The molecule has 0 saturated heterocycles. The van der Waals surface area contributed by atoms with Gasteiger partial charge in [0.2, 0.25) is 0 Å². The van der Waals surface area contributed by atoms with Gasteiger partial charge in [-0.05, 0) is 37.6 Å². The molecule has 2 N–H and O–H groups in total. The number of hydrogen-bond donors (Lipinski definition) is 1. The highest BCUT2D eigenvalue weighted by Crippen LogP contribution is 2.12. The van der Waals surface area contributed by atoms with Crippen LogP contribution in [0, 0.1) is 11.8 Å². The van der Waals surface area contributed by atoms with Gasteiger partial charge < -0.3 is 5.73 Å². The van der Waals surface area contributed by atoms with E-state index in [4.69, 9.17) is 5.73 Å². The number of nitrogens with two attached hydrogens (primary N) is 1. The van der Waals surface area contributed by atoms with Crippen LogP contribution < -0.4 is 5.73 Å². The van der Waals surface area contributed by atoms with Gasteiger partial charge in [-0.2, -0.15) is 0 Å². The van der Waals surface area contributed by atoms with Gasteiger partial charge in [-0.1, -0.05) is 56.7 Å². The van der Waals surface area contributed by atoms with Crippen molar-refractivity contribution in [1.82, 2.24) is 4.90 Å². The molecule has 0 heterocycles. The molecule has 0 aliphatic rings. The number of nitrogens with zero attached hydrogens (tertiary/aromatic N) is 1. The monoisotopic (exact) mass is 272 g/mol. The Hall–Kier alpha value is -1.30. The summed E-state index contributed by atoms with van der Waals surface area (Å²) in [5.41, 5.74) is 7.92. The van der Waals surface area contributed by atoms with Gasteiger partial charge in [0.05, 0.1) is 6.54 Å². The smallest absolute Gasteiger partial charge is 0.0555 e. The Kier molecular flexibility index (Phi) is 8.78. The molecule has 0 aromatic heterocycles. The highest BCUT2D eigenvalue weighted by atomic mass is 15.1. The van der Waals surface area contributed by atoms with E-state index in [-0.39, 0.29) is 0 Å². The molecule has 0 aliphatic heterocycles. The van der Waals surface area contributed by atoms with E-state index in [9.17, 15) is 0 Å². The highest BCUT2D eigenvalue weighted by molar-refractivity contribution is 5.41. The molecule has 0 amide bonds. The van der Waals surface area contributed by atoms with E-state index < -0.39 is 0 Å². The van der Waals surface area contributed by atoms with Crippen LogP contribution in [0.15, 0.2) is 24.3 Å². The Morgan fingerprint density at radius 1 is 1.05 bits per heavy atom. The lowest BCUT2D eigenvalue weighted by Crippen LogP contribution is -2.26. The van der Waals surface area contributed by atoms with Crippen LogP contribution in [0.3, 0.4) is 0 Å². The first kappa shape index (κ1) is 16.8. The maximum Gasteiger partial charge on any atom is 0.0555 e. The lowest BCUT2D eigenvalue weighted by atomic mass is 10.1. The van der Waals surface area contributed by atoms with Crippen LogP contribution >= 0.6 is 0 Å². The van der Waals surface area contributed by atoms with Gasteiger partial charge in [-0.15, -0.1) is 0 Å². The van der Waals surface area contributed by atoms with E-state index in [1.54, 1.807) is 0 Å². The van der Waals surface area contributed by atoms with Crippen molar-refractivity contribution in [2.24, 2.45) is 5.73 Å². The average Bonchev–Trinajstić information content (AvgIpc) is 2.49. The molecular weight excluding hydrogens is 244 g/mol. The number of unbranched alkanes of at least 4 members (excludes halogenated alkanes) is 2. The second-order valence-electron chi connectivity index (χ2n) is 5.15. The summed E-state index contributed by atoms with van der Waals surface area (Å²) in [6.07, 6.45) is 5.02. The van der Waals surface area contributed by atoms with Crippen molar-refractivity contribution in [2.45, 2.75) is 46.1 Å². The first-order valence-corrected chi connectivity index (χ1v) is 7.81. The molecular formula is C18H28N2. The fourth-order valence-electron chi connectivity index (χ4n) is 2.20. The highest BCUT2D eigenvalue weighted by Gasteiger charge is 2.07. The summed E-state index contributed by atoms with van der Waals surface area (Å²) in [6.45, 7) is 8.26. The maximum absolute atomic E-state index is 5.48. The van der Waals surface area contributed by atoms with E-state index in [2.05, 4.69) is 48.8 Å². The maximum atomic E-state index is 5.48. The lowest BCUT2D eigenvalue weighted by Gasteiger charge is -2.22. The van der Waals surface area contributed by atoms with Gasteiger partial charge in [-0.25, -0.2) is 0 Å². The third-order valence-corrected chi connectivity index (χ3v) is 3.39. The van der Waals surface area contributed by atoms with E-state index in [1.165, 1.54) is 44.3 Å². The molecule has 0 aliphatic carbocycles. The van der Waals surface area contributed by atoms with Crippen molar-refractivity contribution in [3.8, 4) is 11.8 Å². The van der Waals surface area contributed by atoms with Crippen molar-refractivity contribution in [3.05, 3.63) is 35.4 Å². The summed E-state index contributed by atoms with van der Waals surface area (Å²) >= 11 is 0. The fourth-order valence-corrected chi connectivity index (χ4v) is 2.20. The molecule has 0 bridgehead atoms. The lowest BCUT2D eigenvalue weighted by molar-refractivity contribution is 0.257. The summed E-state index contributed by atoms with van der Waals surface area (Å²) in [5, 5.41) is 0. The fraction of sp³-hybridized carbons (Fsp3) is 0.556. The number of hydrogen-bond acceptors (Lipinski definition) is 2. The Morgan fingerprint density at radius 2 is 1.70 bits per heavy atom. The minimum absolute atomic E-state index is 0.420. The molecule has 0 saturated carbocycles. The van der Waals surface area contributed by atoms with Crippen LogP contribution in [0.4, 0.5) is 0 Å². The predicted octanol–water partition coefficient (Wildman–Crippen LogP) is 3.40. The minimum atomic E-state index is 0.420. The second kappa shape index (κ2) is 10.5. The normalized spacial score (nSPS) is 10.4. The molecule has 110 valence electrons. The van der Waals surface area contributed by atoms with Crippen molar-refractivity contribution >= 4 is 0 Å². The summed E-state index contributed by atoms with van der Waals surface area (Å²) in [5.74, 6) is 6.15. The van der Waals surface area contributed by atoms with Gasteiger partial charge in [0.25, 0.3) is 0 Å². The van der Waals surface area contributed by atoms with Crippen LogP contribution in [0.5, 0.6) is 0 Å². The standard InChI is InChI=1S/C18H28N2/c1-3-5-14-20(15-6-4-2)16-18-11-8-7-10-17(18)12-9-13-19/h7-8,10-11H,3-6,13-16,19H2,1-2H3. The van der Waals surface area contributed by atoms with Crippen molar-refractivity contribution in [1.29, 1.82) is 0 Å². The van der Waals surface area contributed by atoms with Gasteiger partial charge in [0.1, 0.15) is 0 Å². The molecule has 1 aromatic rings. The predicted molar refractivity (Wildman–Crippen MR) is 87.5 cm³/mol. The molecule has 2 heteroatoms. The molecule has 0 spiro atoms. The van der Waals surface area contributed by atoms with E-state index in [0.29, 0.717) is 6.54 Å². The molecule has 0 fully saturated rings. The van der Waals surface area contributed by atoms with Crippen LogP contribution in [-0.2, 0) is 6.54 Å². The van der Waals surface area contributed by atoms with E-state index in [1.807, 2.05) is 6.07 Å². The molecule has 0 unspecified atom stereocenters. The first-order valence-electron chi connectivity index (χ1n) is 7.81. The van der Waals surface area contributed by atoms with Crippen LogP contribution in [0.1, 0.15) is 50.7 Å². The minimum Gasteiger partial charge on any atom is -0.320 e. The largest absolute Gasteiger partial charge is 0.320 e. The number of benzene rings is 1. The zero-order valence-corrected chi connectivity index (χ0v) is 13.0. The third-order valence-electron chi connectivity index (χ3n) is 3.39. The van der Waals surface area contributed by atoms with E-state index in [0.717, 1.165) is 12.1 Å². The van der Waals surface area contributed by atoms with Gasteiger partial charge >= 0.3 is 0 Å². The third kappa shape index (κ3) is 6.23. The zero-order valence-electron chi connectivity index (χ0n) is 13.0. The summed E-state index contributed by atoms with van der Waals surface area (Å²) < 4.78 is 0. The van der Waals surface area contributed by atoms with Gasteiger partial charge in [0.15, 0.2) is 0 Å². The molecule has 2 nitrogen and oxygen atoms in total. The second-order valence-corrected chi connectivity index (χ2v) is 5.15. The van der Waals surface area contributed by atoms with E-state index >= 15 is 0 Å². The summed E-state index contributed by atoms with van der Waals surface area (Å²) in [7, 11) is 0. The SMILES string of the molecule is CCCCN(CCCC)Cc1ccccc1C#CCN. The Balaban J connectivity index is 2.75. The summed E-state index contributed by atoms with van der Waals surface area (Å²) in [4.78, 5) is 2.55. The first-order chi connectivity index (χ1) is 9.81. The quantitative estimate of drug-likeness (QED) is 0.735. The van der Waals surface area contributed by atoms with Gasteiger partial charge in [0, 0.05) is 12.1 Å². The Morgan fingerprint density at radius 3 is 2.30 bits per heavy atom. The Labute approximate surface area is 124 Å². The molecule has 20 heavy (non-hydrogen) atoms. The Bertz CT molecular complexity index is 421. The molecule has 0 atom stereocenters. The topological polar surface area (TPSA) is 29.3 Å². The molecule has 1 rings (SSSR count). The van der Waals surface area contributed by atoms with Crippen molar-refractivity contribution in [3.63, 3.8) is 0 Å². The van der Waals surface area contributed by atoms with Crippen molar-refractivity contribution < 1.29 is 0 Å². The van der Waals surface area contributed by atoms with Crippen LogP contribution in [0.2, 0.25) is 0 Å². The number of rotatable bonds is 8. The van der Waals surface area contributed by atoms with Gasteiger partial charge in [-0.3, -0.25) is 4.90 Å². The average molecular weight is 272 g/mol.